The third kappa shape index (κ3) is 2.43. The topological polar surface area (TPSA) is 44.9 Å². The number of aromatic nitrogens is 1. The second-order valence-corrected chi connectivity index (χ2v) is 5.35. The van der Waals surface area contributed by atoms with E-state index >= 15 is 0 Å². The Morgan fingerprint density at radius 1 is 1.21 bits per heavy atom. The number of piperidine rings is 1. The van der Waals surface area contributed by atoms with Crippen LogP contribution in [0.25, 0.3) is 10.9 Å². The summed E-state index contributed by atoms with van der Waals surface area (Å²) in [5, 5.41) is 4.51. The summed E-state index contributed by atoms with van der Waals surface area (Å²) in [6, 6.07) is 8.39. The maximum absolute atomic E-state index is 12.2. The van der Waals surface area contributed by atoms with Crippen molar-refractivity contribution in [2.75, 3.05) is 13.1 Å². The molecule has 0 radical (unpaired) electrons. The molecule has 1 aliphatic rings. The fraction of sp³-hybridized carbons (Fsp3) is 0.438. The number of benzene rings is 1. The zero-order valence-corrected chi connectivity index (χ0v) is 11.3. The van der Waals surface area contributed by atoms with E-state index in [1.165, 1.54) is 5.56 Å². The fourth-order valence-corrected chi connectivity index (χ4v) is 2.93. The summed E-state index contributed by atoms with van der Waals surface area (Å²) < 4.78 is 0. The van der Waals surface area contributed by atoms with Gasteiger partial charge in [0, 0.05) is 11.1 Å². The second kappa shape index (κ2) is 5.17. The molecule has 2 N–H and O–H groups in total. The Balaban J connectivity index is 2.08. The molecule has 0 atom stereocenters. The molecule has 2 aromatic rings. The molecule has 1 aromatic heterocycles. The molecule has 3 heteroatoms. The number of aromatic amines is 1. The summed E-state index contributed by atoms with van der Waals surface area (Å²) in [7, 11) is 0. The van der Waals surface area contributed by atoms with Crippen LogP contribution < -0.4 is 10.9 Å². The molecule has 0 aliphatic carbocycles. The summed E-state index contributed by atoms with van der Waals surface area (Å²) >= 11 is 0. The standard InChI is InChI=1S/C16H20N2O/c1-2-11-3-4-15-13(9-11)10-14(16(19)18-15)12-5-7-17-8-6-12/h3-4,9-10,12,17H,2,5-8H2,1H3,(H,18,19). The van der Waals surface area contributed by atoms with Gasteiger partial charge in [-0.05, 0) is 67.4 Å². The normalized spacial score (nSPS) is 16.9. The number of aryl methyl sites for hydroxylation is 1. The Labute approximate surface area is 113 Å². The van der Waals surface area contributed by atoms with Crippen LogP contribution in [0.1, 0.15) is 36.8 Å². The molecular formula is C16H20N2O. The van der Waals surface area contributed by atoms with Crippen LogP contribution >= 0.6 is 0 Å². The lowest BCUT2D eigenvalue weighted by atomic mass is 9.90. The minimum Gasteiger partial charge on any atom is -0.322 e. The molecule has 0 unspecified atom stereocenters. The molecule has 0 spiro atoms. The molecule has 2 heterocycles. The molecule has 1 aromatic carbocycles. The van der Waals surface area contributed by atoms with E-state index < -0.39 is 0 Å². The van der Waals surface area contributed by atoms with Gasteiger partial charge in [0.2, 0.25) is 0 Å². The number of fused-ring (bicyclic) bond motifs is 1. The highest BCUT2D eigenvalue weighted by atomic mass is 16.1. The first-order chi connectivity index (χ1) is 9.28. The van der Waals surface area contributed by atoms with Crippen molar-refractivity contribution in [1.29, 1.82) is 0 Å². The molecule has 1 aliphatic heterocycles. The van der Waals surface area contributed by atoms with Crippen LogP contribution in [0.15, 0.2) is 29.1 Å². The second-order valence-electron chi connectivity index (χ2n) is 5.35. The first-order valence-electron chi connectivity index (χ1n) is 7.14. The zero-order chi connectivity index (χ0) is 13.2. The number of pyridine rings is 1. The smallest absolute Gasteiger partial charge is 0.251 e. The van der Waals surface area contributed by atoms with Gasteiger partial charge < -0.3 is 10.3 Å². The van der Waals surface area contributed by atoms with Crippen LogP contribution in [0.2, 0.25) is 0 Å². The lowest BCUT2D eigenvalue weighted by Gasteiger charge is -2.22. The molecule has 3 nitrogen and oxygen atoms in total. The van der Waals surface area contributed by atoms with Gasteiger partial charge >= 0.3 is 0 Å². The van der Waals surface area contributed by atoms with Crippen LogP contribution in [0.5, 0.6) is 0 Å². The molecule has 0 amide bonds. The van der Waals surface area contributed by atoms with E-state index in [4.69, 9.17) is 0 Å². The van der Waals surface area contributed by atoms with E-state index in [1.54, 1.807) is 0 Å². The Morgan fingerprint density at radius 2 is 2.00 bits per heavy atom. The van der Waals surface area contributed by atoms with Gasteiger partial charge in [-0.2, -0.15) is 0 Å². The third-order valence-corrected chi connectivity index (χ3v) is 4.12. The van der Waals surface area contributed by atoms with Gasteiger partial charge in [-0.15, -0.1) is 0 Å². The summed E-state index contributed by atoms with van der Waals surface area (Å²) in [6.45, 7) is 4.18. The molecule has 1 saturated heterocycles. The number of hydrogen-bond donors (Lipinski definition) is 2. The van der Waals surface area contributed by atoms with Crippen LogP contribution in [-0.2, 0) is 6.42 Å². The number of nitrogens with one attached hydrogen (secondary N) is 2. The zero-order valence-electron chi connectivity index (χ0n) is 11.3. The average Bonchev–Trinajstić information content (AvgIpc) is 2.47. The molecule has 100 valence electrons. The molecule has 0 bridgehead atoms. The largest absolute Gasteiger partial charge is 0.322 e. The highest BCUT2D eigenvalue weighted by Gasteiger charge is 2.18. The molecule has 1 fully saturated rings. The maximum atomic E-state index is 12.2. The van der Waals surface area contributed by atoms with Gasteiger partial charge in [-0.1, -0.05) is 13.0 Å². The summed E-state index contributed by atoms with van der Waals surface area (Å²) in [6.07, 6.45) is 3.14. The quantitative estimate of drug-likeness (QED) is 0.867. The Hall–Kier alpha value is -1.61. The van der Waals surface area contributed by atoms with Crippen LogP contribution in [-0.4, -0.2) is 18.1 Å². The third-order valence-electron chi connectivity index (χ3n) is 4.12. The Kier molecular flexibility index (Phi) is 3.38. The van der Waals surface area contributed by atoms with Gasteiger partial charge in [-0.3, -0.25) is 4.79 Å². The van der Waals surface area contributed by atoms with E-state index in [2.05, 4.69) is 35.4 Å². The van der Waals surface area contributed by atoms with Crippen molar-refractivity contribution in [3.8, 4) is 0 Å². The van der Waals surface area contributed by atoms with Crippen LogP contribution in [0, 0.1) is 0 Å². The number of rotatable bonds is 2. The molecule has 0 saturated carbocycles. The van der Waals surface area contributed by atoms with Crippen molar-refractivity contribution in [3.63, 3.8) is 0 Å². The van der Waals surface area contributed by atoms with Crippen molar-refractivity contribution in [2.45, 2.75) is 32.1 Å². The van der Waals surface area contributed by atoms with Gasteiger partial charge in [0.15, 0.2) is 0 Å². The summed E-state index contributed by atoms with van der Waals surface area (Å²) in [4.78, 5) is 15.2. The Morgan fingerprint density at radius 3 is 2.74 bits per heavy atom. The molecular weight excluding hydrogens is 236 g/mol. The van der Waals surface area contributed by atoms with Crippen molar-refractivity contribution in [1.82, 2.24) is 10.3 Å². The van der Waals surface area contributed by atoms with Crippen LogP contribution in [0.3, 0.4) is 0 Å². The monoisotopic (exact) mass is 256 g/mol. The van der Waals surface area contributed by atoms with E-state index in [1.807, 2.05) is 6.07 Å². The fourth-order valence-electron chi connectivity index (χ4n) is 2.93. The maximum Gasteiger partial charge on any atom is 0.251 e. The highest BCUT2D eigenvalue weighted by molar-refractivity contribution is 5.79. The first kappa shape index (κ1) is 12.4. The van der Waals surface area contributed by atoms with Crippen LogP contribution in [0.4, 0.5) is 0 Å². The number of hydrogen-bond acceptors (Lipinski definition) is 2. The van der Waals surface area contributed by atoms with Gasteiger partial charge in [-0.25, -0.2) is 0 Å². The van der Waals surface area contributed by atoms with E-state index in [0.29, 0.717) is 5.92 Å². The SMILES string of the molecule is CCc1ccc2[nH]c(=O)c(C3CCNCC3)cc2c1. The lowest BCUT2D eigenvalue weighted by molar-refractivity contribution is 0.458. The highest BCUT2D eigenvalue weighted by Crippen LogP contribution is 2.24. The van der Waals surface area contributed by atoms with Gasteiger partial charge in [0.25, 0.3) is 5.56 Å². The first-order valence-corrected chi connectivity index (χ1v) is 7.14. The van der Waals surface area contributed by atoms with Crippen molar-refractivity contribution >= 4 is 10.9 Å². The minimum absolute atomic E-state index is 0.0867. The predicted octanol–water partition coefficient (Wildman–Crippen LogP) is 2.56. The predicted molar refractivity (Wildman–Crippen MR) is 78.8 cm³/mol. The van der Waals surface area contributed by atoms with Crippen molar-refractivity contribution < 1.29 is 0 Å². The summed E-state index contributed by atoms with van der Waals surface area (Å²) in [5.41, 5.74) is 3.31. The summed E-state index contributed by atoms with van der Waals surface area (Å²) in [5.74, 6) is 0.402. The number of H-pyrrole nitrogens is 1. The van der Waals surface area contributed by atoms with Crippen molar-refractivity contribution in [3.05, 3.63) is 45.7 Å². The van der Waals surface area contributed by atoms with Gasteiger partial charge in [0.1, 0.15) is 0 Å². The minimum atomic E-state index is 0.0867. The van der Waals surface area contributed by atoms with Gasteiger partial charge in [0.05, 0.1) is 0 Å². The molecule has 19 heavy (non-hydrogen) atoms. The average molecular weight is 256 g/mol. The molecule has 3 rings (SSSR count). The van der Waals surface area contributed by atoms with Crippen molar-refractivity contribution in [2.24, 2.45) is 0 Å². The van der Waals surface area contributed by atoms with E-state index in [-0.39, 0.29) is 5.56 Å². The van der Waals surface area contributed by atoms with E-state index in [0.717, 1.165) is 48.8 Å². The lowest BCUT2D eigenvalue weighted by Crippen LogP contribution is -2.29. The Bertz CT molecular complexity index is 639. The van der Waals surface area contributed by atoms with E-state index in [9.17, 15) is 4.79 Å².